The van der Waals surface area contributed by atoms with E-state index >= 15 is 0 Å². The minimum atomic E-state index is -0.604. The number of carbonyl (C=O) groups excluding carboxylic acids is 3. The van der Waals surface area contributed by atoms with Crippen molar-refractivity contribution in [3.05, 3.63) is 0 Å². The first kappa shape index (κ1) is 23.6. The van der Waals surface area contributed by atoms with E-state index < -0.39 is 6.04 Å². The van der Waals surface area contributed by atoms with Crippen LogP contribution in [0.2, 0.25) is 0 Å². The second-order valence-corrected chi connectivity index (χ2v) is 7.89. The van der Waals surface area contributed by atoms with E-state index in [0.717, 1.165) is 32.5 Å². The normalized spacial score (nSPS) is 17.4. The molecule has 0 bridgehead atoms. The highest BCUT2D eigenvalue weighted by molar-refractivity contribution is 5.91. The highest BCUT2D eigenvalue weighted by Crippen LogP contribution is 2.11. The summed E-state index contributed by atoms with van der Waals surface area (Å²) in [6, 6.07) is -0.950. The third-order valence-corrected chi connectivity index (χ3v) is 5.07. The highest BCUT2D eigenvalue weighted by atomic mass is 16.2. The number of rotatable bonds is 12. The number of piperidine rings is 1. The first-order chi connectivity index (χ1) is 12.8. The topological polar surface area (TPSA) is 90.5 Å². The number of likely N-dealkylation sites (tertiary alicyclic amines) is 1. The zero-order valence-corrected chi connectivity index (χ0v) is 17.5. The van der Waals surface area contributed by atoms with Crippen LogP contribution in [0.15, 0.2) is 0 Å². The second kappa shape index (κ2) is 12.8. The fourth-order valence-electron chi connectivity index (χ4n) is 3.50. The average Bonchev–Trinajstić information content (AvgIpc) is 2.63. The van der Waals surface area contributed by atoms with Crippen molar-refractivity contribution in [1.82, 2.24) is 20.9 Å². The number of carbonyl (C=O) groups is 3. The molecule has 0 spiro atoms. The minimum absolute atomic E-state index is 0.00137. The van der Waals surface area contributed by atoms with Crippen LogP contribution in [-0.4, -0.2) is 67.8 Å². The smallest absolute Gasteiger partial charge is 0.242 e. The van der Waals surface area contributed by atoms with Crippen molar-refractivity contribution in [2.75, 3.05) is 33.2 Å². The van der Waals surface area contributed by atoms with E-state index in [0.29, 0.717) is 6.42 Å². The Morgan fingerprint density at radius 3 is 2.22 bits per heavy atom. The van der Waals surface area contributed by atoms with E-state index in [1.165, 1.54) is 26.2 Å². The summed E-state index contributed by atoms with van der Waals surface area (Å²) in [5.74, 6) is -0.439. The molecule has 156 valence electrons. The van der Waals surface area contributed by atoms with E-state index in [9.17, 15) is 14.4 Å². The predicted molar refractivity (Wildman–Crippen MR) is 107 cm³/mol. The van der Waals surface area contributed by atoms with Gasteiger partial charge in [0.05, 0.1) is 12.6 Å². The quantitative estimate of drug-likeness (QED) is 0.439. The van der Waals surface area contributed by atoms with Crippen molar-refractivity contribution in [3.8, 4) is 0 Å². The van der Waals surface area contributed by atoms with Gasteiger partial charge in [0.15, 0.2) is 0 Å². The molecular weight excluding hydrogens is 344 g/mol. The van der Waals surface area contributed by atoms with E-state index in [2.05, 4.69) is 20.9 Å². The molecule has 2 atom stereocenters. The Hall–Kier alpha value is -1.47. The fraction of sp³-hybridized carbons (Fsp3) is 0.850. The lowest BCUT2D eigenvalue weighted by molar-refractivity contribution is -0.131. The first-order valence-electron chi connectivity index (χ1n) is 10.3. The lowest BCUT2D eigenvalue weighted by Gasteiger charge is -2.27. The molecule has 0 unspecified atom stereocenters. The second-order valence-electron chi connectivity index (χ2n) is 7.89. The van der Waals surface area contributed by atoms with Crippen LogP contribution in [0.3, 0.4) is 0 Å². The van der Waals surface area contributed by atoms with Gasteiger partial charge in [0.1, 0.15) is 11.8 Å². The molecule has 0 aliphatic carbocycles. The third-order valence-electron chi connectivity index (χ3n) is 5.07. The van der Waals surface area contributed by atoms with Crippen molar-refractivity contribution in [2.45, 2.75) is 71.4 Å². The molecule has 7 heteroatoms. The number of nitrogens with one attached hydrogen (secondary N) is 3. The maximum Gasteiger partial charge on any atom is 0.242 e. The standard InChI is InChI=1S/C20H38N4O3/c1-15(2)18(21-4)20(27)23-17(19(26)22-14-16(3)25)10-6-9-13-24-11-7-5-8-12-24/h15,17-18,21H,5-14H2,1-4H3,(H,22,26)(H,23,27)/t17-,18-/m0/s1. The third kappa shape index (κ3) is 9.33. The van der Waals surface area contributed by atoms with Crippen molar-refractivity contribution in [3.63, 3.8) is 0 Å². The molecule has 1 rings (SSSR count). The highest BCUT2D eigenvalue weighted by Gasteiger charge is 2.26. The summed E-state index contributed by atoms with van der Waals surface area (Å²) in [5, 5.41) is 8.50. The Labute approximate surface area is 164 Å². The summed E-state index contributed by atoms with van der Waals surface area (Å²) in [7, 11) is 1.74. The van der Waals surface area contributed by atoms with Gasteiger partial charge in [-0.1, -0.05) is 20.3 Å². The van der Waals surface area contributed by atoms with Gasteiger partial charge < -0.3 is 20.9 Å². The van der Waals surface area contributed by atoms with Crippen LogP contribution in [0.25, 0.3) is 0 Å². The van der Waals surface area contributed by atoms with Crippen LogP contribution >= 0.6 is 0 Å². The van der Waals surface area contributed by atoms with Crippen molar-refractivity contribution >= 4 is 17.6 Å². The van der Waals surface area contributed by atoms with Gasteiger partial charge >= 0.3 is 0 Å². The van der Waals surface area contributed by atoms with Gasteiger partial charge in [0, 0.05) is 0 Å². The summed E-state index contributed by atoms with van der Waals surface area (Å²) in [6.45, 7) is 8.73. The number of Topliss-reactive ketones (excluding diaryl/α,β-unsaturated/α-hetero) is 1. The Bertz CT molecular complexity index is 476. The Balaban J connectivity index is 2.54. The molecule has 7 nitrogen and oxygen atoms in total. The molecule has 3 N–H and O–H groups in total. The molecule has 27 heavy (non-hydrogen) atoms. The van der Waals surface area contributed by atoms with Crippen LogP contribution < -0.4 is 16.0 Å². The van der Waals surface area contributed by atoms with Gasteiger partial charge in [-0.2, -0.15) is 0 Å². The molecule has 0 radical (unpaired) electrons. The summed E-state index contributed by atoms with van der Waals surface area (Å²) >= 11 is 0. The van der Waals surface area contributed by atoms with E-state index in [1.807, 2.05) is 13.8 Å². The number of hydrogen-bond acceptors (Lipinski definition) is 5. The fourth-order valence-corrected chi connectivity index (χ4v) is 3.50. The number of unbranched alkanes of at least 4 members (excludes halogenated alkanes) is 1. The monoisotopic (exact) mass is 382 g/mol. The van der Waals surface area contributed by atoms with Crippen molar-refractivity contribution in [1.29, 1.82) is 0 Å². The summed E-state index contributed by atoms with van der Waals surface area (Å²) in [5.41, 5.74) is 0. The van der Waals surface area contributed by atoms with Gasteiger partial charge in [-0.15, -0.1) is 0 Å². The first-order valence-corrected chi connectivity index (χ1v) is 10.3. The Morgan fingerprint density at radius 2 is 1.67 bits per heavy atom. The number of hydrogen-bond donors (Lipinski definition) is 3. The van der Waals surface area contributed by atoms with Crippen LogP contribution in [0.5, 0.6) is 0 Å². The maximum atomic E-state index is 12.5. The van der Waals surface area contributed by atoms with Crippen molar-refractivity contribution in [2.24, 2.45) is 5.92 Å². The van der Waals surface area contributed by atoms with E-state index in [1.54, 1.807) is 7.05 Å². The summed E-state index contributed by atoms with van der Waals surface area (Å²) in [4.78, 5) is 38.6. The van der Waals surface area contributed by atoms with Gasteiger partial charge in [0.2, 0.25) is 11.8 Å². The molecule has 0 saturated carbocycles. The molecule has 0 aromatic rings. The van der Waals surface area contributed by atoms with E-state index in [4.69, 9.17) is 0 Å². The number of nitrogens with zero attached hydrogens (tertiary/aromatic N) is 1. The molecular formula is C20H38N4O3. The Kier molecular flexibility index (Phi) is 11.2. The summed E-state index contributed by atoms with van der Waals surface area (Å²) < 4.78 is 0. The van der Waals surface area contributed by atoms with Crippen LogP contribution in [0, 0.1) is 5.92 Å². The number of likely N-dealkylation sites (N-methyl/N-ethyl adjacent to an activating group) is 1. The molecule has 1 saturated heterocycles. The van der Waals surface area contributed by atoms with E-state index in [-0.39, 0.29) is 36.1 Å². The van der Waals surface area contributed by atoms with Gasteiger partial charge in [-0.3, -0.25) is 14.4 Å². The van der Waals surface area contributed by atoms with Crippen LogP contribution in [0.4, 0.5) is 0 Å². The molecule has 0 aromatic carbocycles. The minimum Gasteiger partial charge on any atom is -0.347 e. The molecule has 0 aromatic heterocycles. The molecule has 1 heterocycles. The predicted octanol–water partition coefficient (Wildman–Crippen LogP) is 1.08. The summed E-state index contributed by atoms with van der Waals surface area (Å²) in [6.07, 6.45) is 6.31. The zero-order valence-electron chi connectivity index (χ0n) is 17.5. The van der Waals surface area contributed by atoms with Gasteiger partial charge in [-0.25, -0.2) is 0 Å². The molecule has 1 fully saturated rings. The number of amides is 2. The van der Waals surface area contributed by atoms with Crippen LogP contribution in [0.1, 0.15) is 59.3 Å². The lowest BCUT2D eigenvalue weighted by Crippen LogP contribution is -2.54. The zero-order chi connectivity index (χ0) is 20.2. The SMILES string of the molecule is CN[C@H](C(=O)N[C@@H](CCCCN1CCCCC1)C(=O)NCC(C)=O)C(C)C. The lowest BCUT2D eigenvalue weighted by atomic mass is 10.0. The molecule has 2 amide bonds. The molecule has 1 aliphatic rings. The van der Waals surface area contributed by atoms with Crippen molar-refractivity contribution < 1.29 is 14.4 Å². The molecule has 1 aliphatic heterocycles. The average molecular weight is 383 g/mol. The van der Waals surface area contributed by atoms with Gasteiger partial charge in [-0.05, 0) is 71.6 Å². The maximum absolute atomic E-state index is 12.5. The Morgan fingerprint density at radius 1 is 1.00 bits per heavy atom. The number of ketones is 1. The largest absolute Gasteiger partial charge is 0.347 e. The van der Waals surface area contributed by atoms with Crippen LogP contribution in [-0.2, 0) is 14.4 Å². The van der Waals surface area contributed by atoms with Gasteiger partial charge in [0.25, 0.3) is 0 Å².